The Morgan fingerprint density at radius 3 is 2.38 bits per heavy atom. The molecule has 1 aromatic heterocycles. The summed E-state index contributed by atoms with van der Waals surface area (Å²) in [6.45, 7) is 0.336. The van der Waals surface area contributed by atoms with E-state index in [9.17, 15) is 13.9 Å². The third-order valence-electron chi connectivity index (χ3n) is 5.14. The molecule has 0 saturated carbocycles. The molecule has 0 fully saturated rings. The Labute approximate surface area is 168 Å². The van der Waals surface area contributed by atoms with Gasteiger partial charge in [-0.25, -0.2) is 8.78 Å². The average molecular weight is 392 g/mol. The summed E-state index contributed by atoms with van der Waals surface area (Å²) in [7, 11) is 1.76. The second-order valence-electron chi connectivity index (χ2n) is 7.10. The molecule has 0 bridgehead atoms. The van der Waals surface area contributed by atoms with E-state index in [4.69, 9.17) is 0 Å². The number of halogens is 2. The van der Waals surface area contributed by atoms with Crippen LogP contribution in [0, 0.1) is 11.6 Å². The Hall–Kier alpha value is -3.02. The minimum Gasteiger partial charge on any atom is -0.389 e. The first kappa shape index (κ1) is 19.3. The maximum Gasteiger partial charge on any atom is 0.123 e. The van der Waals surface area contributed by atoms with Crippen LogP contribution in [-0.4, -0.2) is 29.4 Å². The quantitative estimate of drug-likeness (QED) is 0.497. The van der Waals surface area contributed by atoms with E-state index in [1.165, 1.54) is 24.3 Å². The summed E-state index contributed by atoms with van der Waals surface area (Å²) in [5, 5.41) is 14.9. The predicted octanol–water partition coefficient (Wildman–Crippen LogP) is 4.76. The highest BCUT2D eigenvalue weighted by molar-refractivity contribution is 5.96. The molecule has 0 aliphatic rings. The van der Waals surface area contributed by atoms with E-state index in [0.29, 0.717) is 12.1 Å². The molecule has 0 aliphatic heterocycles. The molecule has 148 valence electrons. The third-order valence-corrected chi connectivity index (χ3v) is 5.14. The van der Waals surface area contributed by atoms with Crippen LogP contribution in [0.5, 0.6) is 0 Å². The van der Waals surface area contributed by atoms with Gasteiger partial charge in [-0.05, 0) is 48.5 Å². The number of benzene rings is 3. The predicted molar refractivity (Wildman–Crippen MR) is 112 cm³/mol. The van der Waals surface area contributed by atoms with Crippen LogP contribution in [0.1, 0.15) is 11.6 Å². The molecule has 0 aliphatic carbocycles. The number of hydrogen-bond acceptors (Lipinski definition) is 2. The third kappa shape index (κ3) is 3.79. The van der Waals surface area contributed by atoms with Gasteiger partial charge in [0.05, 0.1) is 12.1 Å². The van der Waals surface area contributed by atoms with Crippen molar-refractivity contribution in [3.63, 3.8) is 0 Å². The standard InChI is InChI=1S/C24H22F2N2O/c1-27-14-23(29)24(17-7-5-9-19(26)13-17)28-15-21(16-6-4-8-18(25)12-16)20-10-2-3-11-22(20)28/h2-13,15,23-24,27,29H,14H2,1H3. The molecule has 29 heavy (non-hydrogen) atoms. The number of nitrogens with one attached hydrogen (secondary N) is 1. The summed E-state index contributed by atoms with van der Waals surface area (Å²) >= 11 is 0. The van der Waals surface area contributed by atoms with Gasteiger partial charge in [0.25, 0.3) is 0 Å². The van der Waals surface area contributed by atoms with Crippen LogP contribution in [0.25, 0.3) is 22.0 Å². The molecule has 4 rings (SSSR count). The lowest BCUT2D eigenvalue weighted by Crippen LogP contribution is -2.33. The van der Waals surface area contributed by atoms with Crippen molar-refractivity contribution in [2.75, 3.05) is 13.6 Å². The summed E-state index contributed by atoms with van der Waals surface area (Å²) < 4.78 is 29.8. The van der Waals surface area contributed by atoms with Gasteiger partial charge in [-0.1, -0.05) is 42.5 Å². The number of likely N-dealkylation sites (N-methyl/N-ethyl adjacent to an activating group) is 1. The van der Waals surface area contributed by atoms with Crippen LogP contribution in [0.4, 0.5) is 8.78 Å². The number of aliphatic hydroxyl groups excluding tert-OH is 1. The van der Waals surface area contributed by atoms with E-state index >= 15 is 0 Å². The second kappa shape index (κ2) is 8.15. The molecular formula is C24H22F2N2O. The summed E-state index contributed by atoms with van der Waals surface area (Å²) in [4.78, 5) is 0. The monoisotopic (exact) mass is 392 g/mol. The average Bonchev–Trinajstić information content (AvgIpc) is 3.08. The summed E-state index contributed by atoms with van der Waals surface area (Å²) in [5.74, 6) is -0.665. The van der Waals surface area contributed by atoms with Gasteiger partial charge in [-0.15, -0.1) is 0 Å². The van der Waals surface area contributed by atoms with E-state index in [2.05, 4.69) is 5.32 Å². The van der Waals surface area contributed by atoms with Crippen molar-refractivity contribution in [3.05, 3.63) is 96.2 Å². The van der Waals surface area contributed by atoms with Gasteiger partial charge in [-0.3, -0.25) is 0 Å². The van der Waals surface area contributed by atoms with Crippen molar-refractivity contribution in [2.45, 2.75) is 12.1 Å². The van der Waals surface area contributed by atoms with E-state index in [1.807, 2.05) is 47.2 Å². The topological polar surface area (TPSA) is 37.2 Å². The lowest BCUT2D eigenvalue weighted by atomic mass is 10.0. The number of aliphatic hydroxyl groups is 1. The van der Waals surface area contributed by atoms with Crippen LogP contribution in [0.15, 0.2) is 79.0 Å². The summed E-state index contributed by atoms with van der Waals surface area (Å²) in [6, 6.07) is 20.0. The first-order chi connectivity index (χ1) is 14.1. The molecule has 2 unspecified atom stereocenters. The van der Waals surface area contributed by atoms with Crippen molar-refractivity contribution in [3.8, 4) is 11.1 Å². The van der Waals surface area contributed by atoms with E-state index in [1.54, 1.807) is 19.2 Å². The highest BCUT2D eigenvalue weighted by Gasteiger charge is 2.25. The summed E-state index contributed by atoms with van der Waals surface area (Å²) in [6.07, 6.45) is 1.12. The van der Waals surface area contributed by atoms with Gasteiger partial charge in [0.2, 0.25) is 0 Å². The molecule has 4 aromatic rings. The number of hydrogen-bond donors (Lipinski definition) is 2. The number of fused-ring (bicyclic) bond motifs is 1. The molecule has 3 nitrogen and oxygen atoms in total. The van der Waals surface area contributed by atoms with Crippen molar-refractivity contribution in [1.82, 2.24) is 9.88 Å². The Bertz CT molecular complexity index is 1140. The zero-order valence-electron chi connectivity index (χ0n) is 16.0. The fourth-order valence-corrected chi connectivity index (χ4v) is 3.90. The largest absolute Gasteiger partial charge is 0.389 e. The van der Waals surface area contributed by atoms with E-state index < -0.39 is 12.1 Å². The maximum atomic E-state index is 14.0. The van der Waals surface area contributed by atoms with Crippen molar-refractivity contribution < 1.29 is 13.9 Å². The van der Waals surface area contributed by atoms with Crippen molar-refractivity contribution in [1.29, 1.82) is 0 Å². The van der Waals surface area contributed by atoms with Crippen LogP contribution in [0.3, 0.4) is 0 Å². The molecule has 0 radical (unpaired) electrons. The van der Waals surface area contributed by atoms with Gasteiger partial charge < -0.3 is 15.0 Å². The second-order valence-corrected chi connectivity index (χ2v) is 7.10. The zero-order valence-corrected chi connectivity index (χ0v) is 16.0. The molecule has 1 heterocycles. The highest BCUT2D eigenvalue weighted by Crippen LogP contribution is 2.35. The minimum absolute atomic E-state index is 0.309. The van der Waals surface area contributed by atoms with Gasteiger partial charge in [-0.2, -0.15) is 0 Å². The molecule has 5 heteroatoms. The molecule has 0 saturated heterocycles. The molecule has 0 spiro atoms. The fourth-order valence-electron chi connectivity index (χ4n) is 3.90. The SMILES string of the molecule is CNCC(O)C(c1cccc(F)c1)n1cc(-c2cccc(F)c2)c2ccccc21. The van der Waals surface area contributed by atoms with E-state index in [0.717, 1.165) is 22.0 Å². The first-order valence-electron chi connectivity index (χ1n) is 9.52. The van der Waals surface area contributed by atoms with Crippen LogP contribution < -0.4 is 5.32 Å². The molecular weight excluding hydrogens is 370 g/mol. The number of para-hydroxylation sites is 1. The lowest BCUT2D eigenvalue weighted by Gasteiger charge is -2.26. The number of aromatic nitrogens is 1. The number of rotatable bonds is 6. The van der Waals surface area contributed by atoms with Crippen molar-refractivity contribution >= 4 is 10.9 Å². The first-order valence-corrected chi connectivity index (χ1v) is 9.52. The van der Waals surface area contributed by atoms with Gasteiger partial charge in [0, 0.05) is 29.2 Å². The summed E-state index contributed by atoms with van der Waals surface area (Å²) in [5.41, 5.74) is 3.16. The van der Waals surface area contributed by atoms with Crippen LogP contribution in [-0.2, 0) is 0 Å². The normalized spacial score (nSPS) is 13.5. The van der Waals surface area contributed by atoms with Crippen LogP contribution >= 0.6 is 0 Å². The Kier molecular flexibility index (Phi) is 5.43. The number of nitrogens with zero attached hydrogens (tertiary/aromatic N) is 1. The van der Waals surface area contributed by atoms with Crippen LogP contribution in [0.2, 0.25) is 0 Å². The minimum atomic E-state index is -0.794. The fraction of sp³-hybridized carbons (Fsp3) is 0.167. The maximum absolute atomic E-state index is 14.0. The Morgan fingerprint density at radius 1 is 0.931 bits per heavy atom. The molecule has 0 amide bonds. The Morgan fingerprint density at radius 2 is 1.66 bits per heavy atom. The zero-order chi connectivity index (χ0) is 20.4. The smallest absolute Gasteiger partial charge is 0.123 e. The van der Waals surface area contributed by atoms with E-state index in [-0.39, 0.29) is 11.6 Å². The molecule has 3 aromatic carbocycles. The lowest BCUT2D eigenvalue weighted by molar-refractivity contribution is 0.132. The Balaban J connectivity index is 1.94. The van der Waals surface area contributed by atoms with Gasteiger partial charge in [0.15, 0.2) is 0 Å². The molecule has 2 N–H and O–H groups in total. The van der Waals surface area contributed by atoms with Gasteiger partial charge in [0.1, 0.15) is 11.6 Å². The van der Waals surface area contributed by atoms with Gasteiger partial charge >= 0.3 is 0 Å². The van der Waals surface area contributed by atoms with Crippen molar-refractivity contribution in [2.24, 2.45) is 0 Å². The highest BCUT2D eigenvalue weighted by atomic mass is 19.1. The molecule has 2 atom stereocenters.